The van der Waals surface area contributed by atoms with Crippen molar-refractivity contribution < 1.29 is 10.2 Å². The predicted molar refractivity (Wildman–Crippen MR) is 119 cm³/mol. The van der Waals surface area contributed by atoms with Crippen LogP contribution in [0.25, 0.3) is 0 Å². The first-order valence-corrected chi connectivity index (χ1v) is 11.6. The molecule has 3 aliphatic heterocycles. The Morgan fingerprint density at radius 2 is 1.37 bits per heavy atom. The lowest BCUT2D eigenvalue weighted by atomic mass is 9.64. The van der Waals surface area contributed by atoms with Crippen LogP contribution in [0.3, 0.4) is 0 Å². The van der Waals surface area contributed by atoms with Gasteiger partial charge in [0.15, 0.2) is 0 Å². The number of aliphatic hydroxyl groups excluding tert-OH is 2. The van der Waals surface area contributed by atoms with Gasteiger partial charge in [0.2, 0.25) is 0 Å². The summed E-state index contributed by atoms with van der Waals surface area (Å²) < 4.78 is 0. The Bertz CT molecular complexity index is 814. The SMILES string of the molecule is OC[C@@H](c1ccccc1)N1CCC[C@H]2[C@@H]1[C@@H]1CC[C@H]2N([C@@H](CO)c2ccccc2)C1. The fraction of sp³-hybridized carbons (Fsp3) is 0.538. The molecule has 160 valence electrons. The van der Waals surface area contributed by atoms with E-state index in [9.17, 15) is 10.2 Å². The van der Waals surface area contributed by atoms with Crippen molar-refractivity contribution in [1.82, 2.24) is 9.80 Å². The summed E-state index contributed by atoms with van der Waals surface area (Å²) in [5.74, 6) is 1.23. The average Bonchev–Trinajstić information content (AvgIpc) is 2.82. The number of fused-ring (bicyclic) bond motifs is 2. The van der Waals surface area contributed by atoms with Gasteiger partial charge in [-0.05, 0) is 55.2 Å². The summed E-state index contributed by atoms with van der Waals surface area (Å²) in [5, 5.41) is 20.6. The van der Waals surface area contributed by atoms with Crippen LogP contribution in [0.2, 0.25) is 0 Å². The maximum atomic E-state index is 10.3. The molecule has 3 heterocycles. The van der Waals surface area contributed by atoms with E-state index in [1.807, 2.05) is 6.07 Å². The van der Waals surface area contributed by atoms with Gasteiger partial charge in [-0.25, -0.2) is 0 Å². The molecule has 0 amide bonds. The normalized spacial score (nSPS) is 31.3. The lowest BCUT2D eigenvalue weighted by Crippen LogP contribution is -2.67. The highest BCUT2D eigenvalue weighted by Gasteiger charge is 2.53. The minimum atomic E-state index is 0.0922. The first-order chi connectivity index (χ1) is 14.8. The number of hydrogen-bond acceptors (Lipinski definition) is 4. The molecule has 0 radical (unpaired) electrons. The van der Waals surface area contributed by atoms with E-state index in [0.717, 1.165) is 13.1 Å². The van der Waals surface area contributed by atoms with Crippen LogP contribution >= 0.6 is 0 Å². The van der Waals surface area contributed by atoms with Gasteiger partial charge < -0.3 is 10.2 Å². The molecule has 4 heteroatoms. The van der Waals surface area contributed by atoms with E-state index in [0.29, 0.717) is 23.9 Å². The molecule has 1 aliphatic carbocycles. The molecule has 1 saturated carbocycles. The molecule has 0 spiro atoms. The van der Waals surface area contributed by atoms with Crippen LogP contribution in [-0.4, -0.2) is 58.4 Å². The summed E-state index contributed by atoms with van der Waals surface area (Å²) >= 11 is 0. The zero-order chi connectivity index (χ0) is 20.5. The molecule has 2 N–H and O–H groups in total. The van der Waals surface area contributed by atoms with E-state index in [-0.39, 0.29) is 25.3 Å². The number of nitrogens with zero attached hydrogens (tertiary/aromatic N) is 2. The van der Waals surface area contributed by atoms with Crippen molar-refractivity contribution in [3.63, 3.8) is 0 Å². The van der Waals surface area contributed by atoms with E-state index >= 15 is 0 Å². The Kier molecular flexibility index (Phi) is 5.92. The number of hydrogen-bond donors (Lipinski definition) is 2. The van der Waals surface area contributed by atoms with E-state index in [1.54, 1.807) is 0 Å². The van der Waals surface area contributed by atoms with Gasteiger partial charge in [0.25, 0.3) is 0 Å². The fourth-order valence-electron chi connectivity index (χ4n) is 6.78. The summed E-state index contributed by atoms with van der Waals surface area (Å²) in [7, 11) is 0. The lowest BCUT2D eigenvalue weighted by molar-refractivity contribution is -0.128. The van der Waals surface area contributed by atoms with E-state index in [4.69, 9.17) is 0 Å². The standard InChI is InChI=1S/C26H34N2O2/c29-17-24(19-8-3-1-4-9-19)27-15-7-12-22-23-14-13-21(26(22)27)16-28(23)25(18-30)20-10-5-2-6-11-20/h1-6,8-11,21-26,29-30H,7,12-18H2/t21-,22-,23-,24+,25+,26+/m1/s1. The summed E-state index contributed by atoms with van der Waals surface area (Å²) in [6.07, 6.45) is 4.95. The zero-order valence-corrected chi connectivity index (χ0v) is 17.7. The van der Waals surface area contributed by atoms with Gasteiger partial charge in [-0.15, -0.1) is 0 Å². The minimum absolute atomic E-state index is 0.0922. The van der Waals surface area contributed by atoms with Crippen LogP contribution in [0.1, 0.15) is 48.9 Å². The highest BCUT2D eigenvalue weighted by atomic mass is 16.3. The Hall–Kier alpha value is -1.72. The molecule has 2 bridgehead atoms. The van der Waals surface area contributed by atoms with Crippen LogP contribution in [0.5, 0.6) is 0 Å². The van der Waals surface area contributed by atoms with Crippen molar-refractivity contribution >= 4 is 0 Å². The summed E-state index contributed by atoms with van der Waals surface area (Å²) in [4.78, 5) is 5.25. The molecular weight excluding hydrogens is 372 g/mol. The number of piperidine rings is 3. The van der Waals surface area contributed by atoms with Gasteiger partial charge in [0.05, 0.1) is 25.3 Å². The lowest BCUT2D eigenvalue weighted by Gasteiger charge is -2.61. The molecule has 3 saturated heterocycles. The molecule has 2 aromatic carbocycles. The Balaban J connectivity index is 1.42. The molecule has 6 atom stereocenters. The van der Waals surface area contributed by atoms with E-state index in [1.165, 1.54) is 36.8 Å². The first-order valence-electron chi connectivity index (χ1n) is 11.6. The molecular formula is C26H34N2O2. The van der Waals surface area contributed by atoms with Crippen LogP contribution in [0.4, 0.5) is 0 Å². The second-order valence-corrected chi connectivity index (χ2v) is 9.35. The van der Waals surface area contributed by atoms with Gasteiger partial charge in [-0.3, -0.25) is 9.80 Å². The predicted octanol–water partition coefficient (Wildman–Crippen LogP) is 3.63. The second kappa shape index (κ2) is 8.80. The molecule has 4 fully saturated rings. The van der Waals surface area contributed by atoms with Gasteiger partial charge in [0, 0.05) is 18.6 Å². The Morgan fingerprint density at radius 3 is 1.97 bits per heavy atom. The van der Waals surface area contributed by atoms with Crippen LogP contribution in [-0.2, 0) is 0 Å². The van der Waals surface area contributed by atoms with E-state index < -0.39 is 0 Å². The van der Waals surface area contributed by atoms with Crippen molar-refractivity contribution in [2.45, 2.75) is 49.9 Å². The molecule has 6 rings (SSSR count). The molecule has 4 nitrogen and oxygen atoms in total. The Morgan fingerprint density at radius 1 is 0.767 bits per heavy atom. The number of aliphatic hydroxyl groups is 2. The molecule has 2 aromatic rings. The molecule has 0 aromatic heterocycles. The molecule has 4 aliphatic rings. The Labute approximate surface area is 180 Å². The van der Waals surface area contributed by atoms with Crippen molar-refractivity contribution in [2.24, 2.45) is 11.8 Å². The smallest absolute Gasteiger partial charge is 0.0628 e. The maximum absolute atomic E-state index is 10.3. The number of rotatable bonds is 6. The van der Waals surface area contributed by atoms with Crippen molar-refractivity contribution in [2.75, 3.05) is 26.3 Å². The van der Waals surface area contributed by atoms with Gasteiger partial charge in [0.1, 0.15) is 0 Å². The third-order valence-corrected chi connectivity index (χ3v) is 7.97. The van der Waals surface area contributed by atoms with Gasteiger partial charge in [-0.2, -0.15) is 0 Å². The van der Waals surface area contributed by atoms with Crippen LogP contribution in [0, 0.1) is 11.8 Å². The van der Waals surface area contributed by atoms with E-state index in [2.05, 4.69) is 64.4 Å². The quantitative estimate of drug-likeness (QED) is 0.769. The number of benzene rings is 2. The summed E-state index contributed by atoms with van der Waals surface area (Å²) in [6.45, 7) is 2.48. The largest absolute Gasteiger partial charge is 0.394 e. The second-order valence-electron chi connectivity index (χ2n) is 9.35. The number of likely N-dealkylation sites (tertiary alicyclic amines) is 1. The monoisotopic (exact) mass is 406 g/mol. The van der Waals surface area contributed by atoms with Crippen molar-refractivity contribution in [3.8, 4) is 0 Å². The minimum Gasteiger partial charge on any atom is -0.394 e. The first kappa shape index (κ1) is 20.2. The summed E-state index contributed by atoms with van der Waals surface area (Å²) in [5.41, 5.74) is 2.46. The van der Waals surface area contributed by atoms with Gasteiger partial charge in [-0.1, -0.05) is 60.7 Å². The zero-order valence-electron chi connectivity index (χ0n) is 17.7. The summed E-state index contributed by atoms with van der Waals surface area (Å²) in [6, 6.07) is 22.3. The topological polar surface area (TPSA) is 46.9 Å². The van der Waals surface area contributed by atoms with Gasteiger partial charge >= 0.3 is 0 Å². The fourth-order valence-corrected chi connectivity index (χ4v) is 6.78. The van der Waals surface area contributed by atoms with Crippen molar-refractivity contribution in [1.29, 1.82) is 0 Å². The highest BCUT2D eigenvalue weighted by molar-refractivity contribution is 5.23. The van der Waals surface area contributed by atoms with Crippen molar-refractivity contribution in [3.05, 3.63) is 71.8 Å². The maximum Gasteiger partial charge on any atom is 0.0628 e. The molecule has 30 heavy (non-hydrogen) atoms. The van der Waals surface area contributed by atoms with Crippen LogP contribution in [0.15, 0.2) is 60.7 Å². The third-order valence-electron chi connectivity index (χ3n) is 7.97. The average molecular weight is 407 g/mol. The molecule has 0 unspecified atom stereocenters. The third kappa shape index (κ3) is 3.50. The van der Waals surface area contributed by atoms with Crippen LogP contribution < -0.4 is 0 Å². The highest BCUT2D eigenvalue weighted by Crippen LogP contribution is 2.50.